The second-order valence-electron chi connectivity index (χ2n) is 3.09. The predicted octanol–water partition coefficient (Wildman–Crippen LogP) is 2.37. The number of ketones is 1. The maximum absolute atomic E-state index is 11.3. The highest BCUT2D eigenvalue weighted by Crippen LogP contribution is 2.14. The molecule has 0 spiro atoms. The van der Waals surface area contributed by atoms with Gasteiger partial charge < -0.3 is 5.11 Å². The maximum Gasteiger partial charge on any atom is 0.335 e. The first kappa shape index (κ1) is 11.7. The Morgan fingerprint density at radius 1 is 1.40 bits per heavy atom. The van der Waals surface area contributed by atoms with Crippen LogP contribution in [-0.2, 0) is 6.42 Å². The van der Waals surface area contributed by atoms with E-state index in [0.29, 0.717) is 17.5 Å². The number of carbonyl (C=O) groups excluding carboxylic acids is 1. The van der Waals surface area contributed by atoms with Crippen LogP contribution < -0.4 is 0 Å². The molecule has 80 valence electrons. The molecule has 1 aromatic rings. The Morgan fingerprint density at radius 2 is 2.07 bits per heavy atom. The van der Waals surface area contributed by atoms with Gasteiger partial charge >= 0.3 is 5.97 Å². The second-order valence-corrected chi connectivity index (χ2v) is 3.35. The van der Waals surface area contributed by atoms with Gasteiger partial charge in [-0.05, 0) is 24.1 Å². The average molecular weight is 227 g/mol. The van der Waals surface area contributed by atoms with E-state index in [1.54, 1.807) is 6.07 Å². The van der Waals surface area contributed by atoms with Crippen molar-refractivity contribution in [3.8, 4) is 0 Å². The summed E-state index contributed by atoms with van der Waals surface area (Å²) in [6.45, 7) is 1.84. The van der Waals surface area contributed by atoms with E-state index in [1.807, 2.05) is 6.92 Å². The summed E-state index contributed by atoms with van der Waals surface area (Å²) < 4.78 is 0. The Balaban J connectivity index is 3.19. The van der Waals surface area contributed by atoms with Crippen LogP contribution in [0.25, 0.3) is 0 Å². The molecule has 1 rings (SSSR count). The van der Waals surface area contributed by atoms with Crippen LogP contribution in [0.1, 0.15) is 33.2 Å². The van der Waals surface area contributed by atoms with E-state index in [2.05, 4.69) is 0 Å². The van der Waals surface area contributed by atoms with Crippen molar-refractivity contribution < 1.29 is 14.7 Å². The standard InChI is InChI=1S/C11H11ClO3/c1-2-7-5-8(10(13)6-12)3-4-9(7)11(14)15/h3-5H,2,6H2,1H3,(H,14,15). The highest BCUT2D eigenvalue weighted by molar-refractivity contribution is 6.30. The molecule has 0 radical (unpaired) electrons. The van der Waals surface area contributed by atoms with Gasteiger partial charge in [-0.25, -0.2) is 4.79 Å². The van der Waals surface area contributed by atoms with Crippen molar-refractivity contribution in [2.24, 2.45) is 0 Å². The van der Waals surface area contributed by atoms with Crippen molar-refractivity contribution in [2.75, 3.05) is 5.88 Å². The van der Waals surface area contributed by atoms with Gasteiger partial charge in [0.15, 0.2) is 5.78 Å². The fourth-order valence-corrected chi connectivity index (χ4v) is 1.50. The Labute approximate surface area is 92.7 Å². The number of hydrogen-bond donors (Lipinski definition) is 1. The minimum Gasteiger partial charge on any atom is -0.478 e. The van der Waals surface area contributed by atoms with Gasteiger partial charge in [-0.1, -0.05) is 13.0 Å². The fourth-order valence-electron chi connectivity index (χ4n) is 1.35. The molecule has 0 atom stereocenters. The van der Waals surface area contributed by atoms with Crippen molar-refractivity contribution >= 4 is 23.4 Å². The molecule has 0 unspecified atom stereocenters. The molecule has 0 bridgehead atoms. The summed E-state index contributed by atoms with van der Waals surface area (Å²) in [6, 6.07) is 4.53. The van der Waals surface area contributed by atoms with E-state index in [0.717, 1.165) is 0 Å². The monoisotopic (exact) mass is 226 g/mol. The lowest BCUT2D eigenvalue weighted by atomic mass is 10.0. The van der Waals surface area contributed by atoms with Crippen LogP contribution in [0.5, 0.6) is 0 Å². The summed E-state index contributed by atoms with van der Waals surface area (Å²) in [7, 11) is 0. The molecule has 0 saturated carbocycles. The Hall–Kier alpha value is -1.35. The number of rotatable bonds is 4. The molecule has 1 aromatic carbocycles. The topological polar surface area (TPSA) is 54.4 Å². The smallest absolute Gasteiger partial charge is 0.335 e. The number of carboxylic acid groups (broad SMARTS) is 1. The van der Waals surface area contributed by atoms with Gasteiger partial charge in [0.25, 0.3) is 0 Å². The van der Waals surface area contributed by atoms with Crippen LogP contribution >= 0.6 is 11.6 Å². The van der Waals surface area contributed by atoms with Gasteiger partial charge in [0, 0.05) is 5.56 Å². The molecule has 0 heterocycles. The number of Topliss-reactive ketones (excluding diaryl/α,β-unsaturated/α-hetero) is 1. The Bertz CT molecular complexity index is 399. The van der Waals surface area contributed by atoms with Crippen LogP contribution in [0, 0.1) is 0 Å². The highest BCUT2D eigenvalue weighted by atomic mass is 35.5. The maximum atomic E-state index is 11.3. The first-order chi connectivity index (χ1) is 7.10. The van der Waals surface area contributed by atoms with Crippen molar-refractivity contribution in [3.05, 3.63) is 34.9 Å². The van der Waals surface area contributed by atoms with E-state index in [1.165, 1.54) is 12.1 Å². The van der Waals surface area contributed by atoms with Gasteiger partial charge in [0.05, 0.1) is 11.4 Å². The zero-order valence-corrected chi connectivity index (χ0v) is 9.04. The van der Waals surface area contributed by atoms with E-state index in [4.69, 9.17) is 16.7 Å². The summed E-state index contributed by atoms with van der Waals surface area (Å²) in [5.41, 5.74) is 1.36. The fraction of sp³-hybridized carbons (Fsp3) is 0.273. The molecule has 0 saturated heterocycles. The zero-order valence-electron chi connectivity index (χ0n) is 8.29. The van der Waals surface area contributed by atoms with Crippen LogP contribution in [0.2, 0.25) is 0 Å². The first-order valence-electron chi connectivity index (χ1n) is 4.55. The number of carboxylic acids is 1. The molecule has 0 aliphatic rings. The minimum atomic E-state index is -0.975. The van der Waals surface area contributed by atoms with Gasteiger partial charge in [0.2, 0.25) is 0 Å². The molecule has 0 aliphatic heterocycles. The van der Waals surface area contributed by atoms with Gasteiger partial charge in [-0.3, -0.25) is 4.79 Å². The molecule has 0 fully saturated rings. The van der Waals surface area contributed by atoms with Crippen LogP contribution in [0.3, 0.4) is 0 Å². The quantitative estimate of drug-likeness (QED) is 0.634. The Kier molecular flexibility index (Phi) is 3.86. The van der Waals surface area contributed by atoms with Crippen molar-refractivity contribution in [3.63, 3.8) is 0 Å². The predicted molar refractivity (Wildman–Crippen MR) is 57.8 cm³/mol. The second kappa shape index (κ2) is 4.94. The molecule has 4 heteroatoms. The average Bonchev–Trinajstić information content (AvgIpc) is 2.26. The zero-order chi connectivity index (χ0) is 11.4. The molecular weight excluding hydrogens is 216 g/mol. The summed E-state index contributed by atoms with van der Waals surface area (Å²) >= 11 is 5.42. The number of benzene rings is 1. The SMILES string of the molecule is CCc1cc(C(=O)CCl)ccc1C(=O)O. The third-order valence-electron chi connectivity index (χ3n) is 2.16. The molecular formula is C11H11ClO3. The minimum absolute atomic E-state index is 0.0877. The normalized spacial score (nSPS) is 10.0. The third-order valence-corrected chi connectivity index (χ3v) is 2.40. The largest absolute Gasteiger partial charge is 0.478 e. The Morgan fingerprint density at radius 3 is 2.53 bits per heavy atom. The van der Waals surface area contributed by atoms with Gasteiger partial charge in [-0.15, -0.1) is 11.6 Å². The number of hydrogen-bond acceptors (Lipinski definition) is 2. The van der Waals surface area contributed by atoms with Gasteiger partial charge in [-0.2, -0.15) is 0 Å². The van der Waals surface area contributed by atoms with Crippen molar-refractivity contribution in [2.45, 2.75) is 13.3 Å². The summed E-state index contributed by atoms with van der Waals surface area (Å²) in [5, 5.41) is 8.87. The highest BCUT2D eigenvalue weighted by Gasteiger charge is 2.11. The summed E-state index contributed by atoms with van der Waals surface area (Å²) in [6.07, 6.45) is 0.574. The van der Waals surface area contributed by atoms with E-state index >= 15 is 0 Å². The molecule has 0 aliphatic carbocycles. The molecule has 1 N–H and O–H groups in total. The lowest BCUT2D eigenvalue weighted by Gasteiger charge is -2.05. The van der Waals surface area contributed by atoms with Gasteiger partial charge in [0.1, 0.15) is 0 Å². The summed E-state index contributed by atoms with van der Waals surface area (Å²) in [4.78, 5) is 22.1. The van der Waals surface area contributed by atoms with Crippen molar-refractivity contribution in [1.82, 2.24) is 0 Å². The number of aromatic carboxylic acids is 1. The summed E-state index contributed by atoms with van der Waals surface area (Å²) in [5.74, 6) is -1.25. The molecule has 3 nitrogen and oxygen atoms in total. The number of alkyl halides is 1. The lowest BCUT2D eigenvalue weighted by molar-refractivity contribution is 0.0695. The van der Waals surface area contributed by atoms with E-state index in [-0.39, 0.29) is 17.2 Å². The number of carbonyl (C=O) groups is 2. The molecule has 0 aromatic heterocycles. The first-order valence-corrected chi connectivity index (χ1v) is 5.09. The molecule has 0 amide bonds. The van der Waals surface area contributed by atoms with E-state index in [9.17, 15) is 9.59 Å². The van der Waals surface area contributed by atoms with Crippen LogP contribution in [0.15, 0.2) is 18.2 Å². The third kappa shape index (κ3) is 2.57. The molecule has 15 heavy (non-hydrogen) atoms. The van der Waals surface area contributed by atoms with Crippen LogP contribution in [-0.4, -0.2) is 22.7 Å². The number of halogens is 1. The number of aryl methyl sites for hydroxylation is 1. The van der Waals surface area contributed by atoms with Crippen molar-refractivity contribution in [1.29, 1.82) is 0 Å². The van der Waals surface area contributed by atoms with Crippen LogP contribution in [0.4, 0.5) is 0 Å². The lowest BCUT2D eigenvalue weighted by Crippen LogP contribution is -2.06. The van der Waals surface area contributed by atoms with E-state index < -0.39 is 5.97 Å².